The predicted molar refractivity (Wildman–Crippen MR) is 120 cm³/mol. The number of hydrogen-bond acceptors (Lipinski definition) is 2. The van der Waals surface area contributed by atoms with E-state index in [1.165, 1.54) is 0 Å². The molecule has 146 valence electrons. The summed E-state index contributed by atoms with van der Waals surface area (Å²) < 4.78 is 1.86. The zero-order valence-corrected chi connectivity index (χ0v) is 16.5. The molecule has 1 unspecified atom stereocenters. The van der Waals surface area contributed by atoms with Crippen LogP contribution >= 0.6 is 0 Å². The Morgan fingerprint density at radius 2 is 1.50 bits per heavy atom. The summed E-state index contributed by atoms with van der Waals surface area (Å²) in [7, 11) is 0. The zero-order valence-electron chi connectivity index (χ0n) is 16.5. The second-order valence-electron chi connectivity index (χ2n) is 7.53. The Morgan fingerprint density at radius 1 is 0.833 bits per heavy atom. The van der Waals surface area contributed by atoms with Crippen LogP contribution in [0.2, 0.25) is 0 Å². The molecule has 0 radical (unpaired) electrons. The van der Waals surface area contributed by atoms with Gasteiger partial charge in [-0.15, -0.1) is 0 Å². The molecule has 0 spiro atoms. The smallest absolute Gasteiger partial charge is 0.334 e. The summed E-state index contributed by atoms with van der Waals surface area (Å²) in [5.74, 6) is -0.297. The first-order valence-electron chi connectivity index (χ1n) is 9.86. The van der Waals surface area contributed by atoms with Gasteiger partial charge in [-0.25, -0.2) is 9.78 Å². The SMILES string of the molecule is CC(C(=O)O)(c1cccc2ccccc12)n1c(-c2ccccc2)nc2ccccc21. The van der Waals surface area contributed by atoms with Crippen LogP contribution in [0.3, 0.4) is 0 Å². The highest BCUT2D eigenvalue weighted by atomic mass is 16.4. The number of benzene rings is 4. The van der Waals surface area contributed by atoms with E-state index in [9.17, 15) is 9.90 Å². The molecule has 4 nitrogen and oxygen atoms in total. The van der Waals surface area contributed by atoms with Crippen molar-refractivity contribution in [2.45, 2.75) is 12.5 Å². The van der Waals surface area contributed by atoms with Crippen LogP contribution in [0.25, 0.3) is 33.2 Å². The van der Waals surface area contributed by atoms with Crippen LogP contribution in [0.15, 0.2) is 97.1 Å². The number of aliphatic carboxylic acids is 1. The van der Waals surface area contributed by atoms with E-state index in [0.29, 0.717) is 5.82 Å². The van der Waals surface area contributed by atoms with Gasteiger partial charge in [0, 0.05) is 5.56 Å². The minimum atomic E-state index is -1.36. The normalized spacial score (nSPS) is 13.4. The maximum Gasteiger partial charge on any atom is 0.334 e. The average Bonchev–Trinajstić information content (AvgIpc) is 3.19. The number of imidazole rings is 1. The number of carboxylic acid groups (broad SMARTS) is 1. The molecule has 1 aromatic heterocycles. The lowest BCUT2D eigenvalue weighted by Gasteiger charge is -2.31. The van der Waals surface area contributed by atoms with Crippen molar-refractivity contribution in [1.82, 2.24) is 9.55 Å². The minimum Gasteiger partial charge on any atom is -0.479 e. The standard InChI is InChI=1S/C26H20N2O2/c1-26(25(29)30,21-15-9-13-18-10-5-6-14-20(18)21)28-23-17-8-7-16-22(23)27-24(28)19-11-3-2-4-12-19/h2-17H,1H3,(H,29,30). The van der Waals surface area contributed by atoms with Gasteiger partial charge in [0.05, 0.1) is 11.0 Å². The van der Waals surface area contributed by atoms with E-state index in [1.807, 2.05) is 102 Å². The topological polar surface area (TPSA) is 55.1 Å². The Morgan fingerprint density at radius 3 is 2.30 bits per heavy atom. The summed E-state index contributed by atoms with van der Waals surface area (Å²) in [6.07, 6.45) is 0. The molecule has 4 aromatic carbocycles. The predicted octanol–water partition coefficient (Wildman–Crippen LogP) is 5.70. The lowest BCUT2D eigenvalue weighted by molar-refractivity contribution is -0.144. The number of hydrogen-bond donors (Lipinski definition) is 1. The average molecular weight is 392 g/mol. The molecule has 0 fully saturated rings. The summed E-state index contributed by atoms with van der Waals surface area (Å²) in [6.45, 7) is 1.76. The van der Waals surface area contributed by atoms with Crippen LogP contribution in [0.5, 0.6) is 0 Å². The second kappa shape index (κ2) is 6.85. The molecule has 1 atom stereocenters. The first-order valence-corrected chi connectivity index (χ1v) is 9.86. The van der Waals surface area contributed by atoms with Crippen molar-refractivity contribution in [3.8, 4) is 11.4 Å². The maximum absolute atomic E-state index is 12.9. The largest absolute Gasteiger partial charge is 0.479 e. The third-order valence-electron chi connectivity index (χ3n) is 5.77. The van der Waals surface area contributed by atoms with Crippen LogP contribution in [-0.2, 0) is 10.3 Å². The van der Waals surface area contributed by atoms with E-state index in [-0.39, 0.29) is 0 Å². The summed E-state index contributed by atoms with van der Waals surface area (Å²) in [5.41, 5.74) is 1.80. The highest BCUT2D eigenvalue weighted by Crippen LogP contribution is 2.38. The minimum absolute atomic E-state index is 0.634. The highest BCUT2D eigenvalue weighted by Gasteiger charge is 2.41. The fourth-order valence-corrected chi connectivity index (χ4v) is 4.24. The lowest BCUT2D eigenvalue weighted by Crippen LogP contribution is -2.40. The monoisotopic (exact) mass is 392 g/mol. The Kier molecular flexibility index (Phi) is 4.14. The van der Waals surface area contributed by atoms with Gasteiger partial charge in [-0.1, -0.05) is 84.9 Å². The summed E-state index contributed by atoms with van der Waals surface area (Å²) in [5, 5.41) is 12.5. The van der Waals surface area contributed by atoms with Gasteiger partial charge in [-0.3, -0.25) is 0 Å². The van der Waals surface area contributed by atoms with E-state index < -0.39 is 11.5 Å². The summed E-state index contributed by atoms with van der Waals surface area (Å²) in [6, 6.07) is 31.2. The van der Waals surface area contributed by atoms with Gasteiger partial charge in [0.2, 0.25) is 0 Å². The molecule has 4 heteroatoms. The molecular weight excluding hydrogens is 372 g/mol. The number of rotatable bonds is 4. The number of fused-ring (bicyclic) bond motifs is 2. The molecule has 1 heterocycles. The molecule has 0 aliphatic rings. The van der Waals surface area contributed by atoms with Crippen molar-refractivity contribution in [2.75, 3.05) is 0 Å². The third kappa shape index (κ3) is 2.61. The molecule has 0 saturated carbocycles. The van der Waals surface area contributed by atoms with Crippen LogP contribution in [0, 0.1) is 0 Å². The van der Waals surface area contributed by atoms with Crippen LogP contribution in [-0.4, -0.2) is 20.6 Å². The molecule has 0 amide bonds. The van der Waals surface area contributed by atoms with Crippen LogP contribution in [0.1, 0.15) is 12.5 Å². The third-order valence-corrected chi connectivity index (χ3v) is 5.77. The van der Waals surface area contributed by atoms with Crippen LogP contribution in [0.4, 0.5) is 0 Å². The number of carboxylic acids is 1. The summed E-state index contributed by atoms with van der Waals surface area (Å²) >= 11 is 0. The number of nitrogens with zero attached hydrogens (tertiary/aromatic N) is 2. The number of carbonyl (C=O) groups is 1. The Hall–Kier alpha value is -3.92. The molecule has 0 saturated heterocycles. The molecule has 30 heavy (non-hydrogen) atoms. The van der Waals surface area contributed by atoms with Crippen molar-refractivity contribution in [3.05, 3.63) is 103 Å². The van der Waals surface area contributed by atoms with Gasteiger partial charge >= 0.3 is 5.97 Å². The van der Waals surface area contributed by atoms with Crippen molar-refractivity contribution >= 4 is 27.8 Å². The molecule has 5 rings (SSSR count). The quantitative estimate of drug-likeness (QED) is 0.426. The molecule has 5 aromatic rings. The Bertz CT molecular complexity index is 1380. The van der Waals surface area contributed by atoms with Crippen molar-refractivity contribution in [2.24, 2.45) is 0 Å². The van der Waals surface area contributed by atoms with E-state index in [0.717, 1.165) is 32.9 Å². The van der Waals surface area contributed by atoms with Gasteiger partial charge in [0.1, 0.15) is 5.82 Å². The molecule has 0 aliphatic carbocycles. The van der Waals surface area contributed by atoms with Crippen molar-refractivity contribution < 1.29 is 9.90 Å². The first-order chi connectivity index (χ1) is 14.6. The number of aromatic nitrogens is 2. The number of para-hydroxylation sites is 2. The molecular formula is C26H20N2O2. The lowest BCUT2D eigenvalue weighted by atomic mass is 9.87. The van der Waals surface area contributed by atoms with Crippen LogP contribution < -0.4 is 0 Å². The molecule has 1 N–H and O–H groups in total. The maximum atomic E-state index is 12.9. The Labute approximate surface area is 174 Å². The fourth-order valence-electron chi connectivity index (χ4n) is 4.24. The van der Waals surface area contributed by atoms with E-state index in [4.69, 9.17) is 4.98 Å². The van der Waals surface area contributed by atoms with E-state index >= 15 is 0 Å². The fraction of sp³-hybridized carbons (Fsp3) is 0.0769. The molecule has 0 bridgehead atoms. The van der Waals surface area contributed by atoms with E-state index in [2.05, 4.69) is 0 Å². The second-order valence-corrected chi connectivity index (χ2v) is 7.53. The van der Waals surface area contributed by atoms with Gasteiger partial charge in [-0.05, 0) is 35.4 Å². The van der Waals surface area contributed by atoms with Gasteiger partial charge in [0.15, 0.2) is 5.54 Å². The van der Waals surface area contributed by atoms with Gasteiger partial charge < -0.3 is 9.67 Å². The summed E-state index contributed by atoms with van der Waals surface area (Å²) in [4.78, 5) is 17.8. The van der Waals surface area contributed by atoms with Crippen molar-refractivity contribution in [1.29, 1.82) is 0 Å². The van der Waals surface area contributed by atoms with E-state index in [1.54, 1.807) is 6.92 Å². The first kappa shape index (κ1) is 18.1. The highest BCUT2D eigenvalue weighted by molar-refractivity contribution is 5.95. The van der Waals surface area contributed by atoms with Crippen molar-refractivity contribution in [3.63, 3.8) is 0 Å². The molecule has 0 aliphatic heterocycles. The van der Waals surface area contributed by atoms with Gasteiger partial charge in [0.25, 0.3) is 0 Å². The van der Waals surface area contributed by atoms with Gasteiger partial charge in [-0.2, -0.15) is 0 Å². The zero-order chi connectivity index (χ0) is 20.7. The Balaban J connectivity index is 1.92.